The first kappa shape index (κ1) is 14.7. The zero-order chi connectivity index (χ0) is 14.8. The van der Waals surface area contributed by atoms with Gasteiger partial charge in [0.25, 0.3) is 0 Å². The SMILES string of the molecule is N=C(N)c1cccc(CS(=O)(=O)c2ccccc2Br)c1. The number of halogens is 1. The standard InChI is InChI=1S/C14H13BrN2O2S/c15-12-6-1-2-7-13(12)20(18,19)9-10-4-3-5-11(8-10)14(16)17/h1-8H,9H2,(H3,16,17). The molecule has 0 spiro atoms. The van der Waals surface area contributed by atoms with Crippen molar-refractivity contribution in [2.45, 2.75) is 10.6 Å². The van der Waals surface area contributed by atoms with Crippen LogP contribution >= 0.6 is 15.9 Å². The number of sulfone groups is 1. The van der Waals surface area contributed by atoms with E-state index < -0.39 is 9.84 Å². The average Bonchev–Trinajstić information content (AvgIpc) is 2.38. The minimum absolute atomic E-state index is 0.0786. The molecule has 3 N–H and O–H groups in total. The molecule has 0 atom stereocenters. The maximum atomic E-state index is 12.4. The highest BCUT2D eigenvalue weighted by Gasteiger charge is 2.18. The van der Waals surface area contributed by atoms with Crippen LogP contribution in [-0.4, -0.2) is 14.3 Å². The first-order valence-corrected chi connectivity index (χ1v) is 8.25. The van der Waals surface area contributed by atoms with Crippen molar-refractivity contribution < 1.29 is 8.42 Å². The second-order valence-electron chi connectivity index (χ2n) is 4.30. The summed E-state index contributed by atoms with van der Waals surface area (Å²) in [5.41, 5.74) is 6.53. The van der Waals surface area contributed by atoms with Crippen LogP contribution in [0, 0.1) is 5.41 Å². The zero-order valence-electron chi connectivity index (χ0n) is 10.5. The molecule has 0 unspecified atom stereocenters. The van der Waals surface area contributed by atoms with Crippen LogP contribution in [0.2, 0.25) is 0 Å². The Morgan fingerprint density at radius 2 is 1.85 bits per heavy atom. The number of hydrogen-bond donors (Lipinski definition) is 2. The summed E-state index contributed by atoms with van der Waals surface area (Å²) in [5.74, 6) is -0.207. The molecule has 0 radical (unpaired) electrons. The second-order valence-corrected chi connectivity index (χ2v) is 7.12. The van der Waals surface area contributed by atoms with E-state index in [1.54, 1.807) is 48.5 Å². The van der Waals surface area contributed by atoms with Gasteiger partial charge in [-0.25, -0.2) is 8.42 Å². The van der Waals surface area contributed by atoms with Gasteiger partial charge in [-0.15, -0.1) is 0 Å². The number of nitrogens with one attached hydrogen (secondary N) is 1. The molecular formula is C14H13BrN2O2S. The topological polar surface area (TPSA) is 84.0 Å². The number of nitrogen functional groups attached to an aromatic ring is 1. The van der Waals surface area contributed by atoms with Gasteiger partial charge in [0.05, 0.1) is 10.6 Å². The molecule has 0 aliphatic rings. The van der Waals surface area contributed by atoms with Crippen LogP contribution in [0.25, 0.3) is 0 Å². The fraction of sp³-hybridized carbons (Fsp3) is 0.0714. The maximum Gasteiger partial charge on any atom is 0.183 e. The van der Waals surface area contributed by atoms with Crippen molar-refractivity contribution in [3.63, 3.8) is 0 Å². The Kier molecular flexibility index (Phi) is 4.25. The molecule has 0 saturated heterocycles. The highest BCUT2D eigenvalue weighted by atomic mass is 79.9. The minimum atomic E-state index is -3.44. The quantitative estimate of drug-likeness (QED) is 0.655. The Morgan fingerprint density at radius 3 is 2.50 bits per heavy atom. The van der Waals surface area contributed by atoms with E-state index in [0.717, 1.165) is 0 Å². The van der Waals surface area contributed by atoms with Crippen molar-refractivity contribution in [3.8, 4) is 0 Å². The predicted molar refractivity (Wildman–Crippen MR) is 82.5 cm³/mol. The third-order valence-corrected chi connectivity index (χ3v) is 5.46. The smallest absolute Gasteiger partial charge is 0.183 e. The van der Waals surface area contributed by atoms with Crippen LogP contribution in [0.1, 0.15) is 11.1 Å². The first-order valence-electron chi connectivity index (χ1n) is 5.81. The van der Waals surface area contributed by atoms with E-state index in [4.69, 9.17) is 11.1 Å². The molecule has 0 heterocycles. The van der Waals surface area contributed by atoms with Crippen molar-refractivity contribution in [2.24, 2.45) is 5.73 Å². The monoisotopic (exact) mass is 352 g/mol. The van der Waals surface area contributed by atoms with Crippen molar-refractivity contribution in [1.29, 1.82) is 5.41 Å². The summed E-state index contributed by atoms with van der Waals surface area (Å²) in [6, 6.07) is 13.4. The minimum Gasteiger partial charge on any atom is -0.384 e. The molecule has 104 valence electrons. The lowest BCUT2D eigenvalue weighted by Gasteiger charge is -2.08. The molecule has 2 rings (SSSR count). The van der Waals surface area contributed by atoms with Crippen LogP contribution in [0.5, 0.6) is 0 Å². The van der Waals surface area contributed by atoms with Gasteiger partial charge < -0.3 is 5.73 Å². The van der Waals surface area contributed by atoms with Crippen molar-refractivity contribution in [3.05, 3.63) is 64.1 Å². The molecule has 2 aromatic carbocycles. The van der Waals surface area contributed by atoms with E-state index in [2.05, 4.69) is 15.9 Å². The van der Waals surface area contributed by atoms with Gasteiger partial charge in [0.1, 0.15) is 5.84 Å². The summed E-state index contributed by atoms with van der Waals surface area (Å²) in [4.78, 5) is 0.258. The lowest BCUT2D eigenvalue weighted by molar-refractivity contribution is 0.595. The van der Waals surface area contributed by atoms with Crippen LogP contribution < -0.4 is 5.73 Å². The molecule has 0 aliphatic carbocycles. The fourth-order valence-corrected chi connectivity index (χ4v) is 4.27. The van der Waals surface area contributed by atoms with E-state index >= 15 is 0 Å². The largest absolute Gasteiger partial charge is 0.384 e. The third-order valence-electron chi connectivity index (χ3n) is 2.77. The Balaban J connectivity index is 2.36. The van der Waals surface area contributed by atoms with E-state index in [1.807, 2.05) is 0 Å². The van der Waals surface area contributed by atoms with Gasteiger partial charge in [0.15, 0.2) is 9.84 Å². The van der Waals surface area contributed by atoms with Gasteiger partial charge in [-0.1, -0.05) is 30.3 Å². The van der Waals surface area contributed by atoms with Gasteiger partial charge >= 0.3 is 0 Å². The maximum absolute atomic E-state index is 12.4. The highest BCUT2D eigenvalue weighted by Crippen LogP contribution is 2.24. The third kappa shape index (κ3) is 3.26. The predicted octanol–water partition coefficient (Wildman–Crippen LogP) is 2.71. The Bertz CT molecular complexity index is 757. The second kappa shape index (κ2) is 5.76. The lowest BCUT2D eigenvalue weighted by atomic mass is 10.1. The molecule has 2 aromatic rings. The van der Waals surface area contributed by atoms with Gasteiger partial charge in [0.2, 0.25) is 0 Å². The Labute approximate surface area is 126 Å². The summed E-state index contributed by atoms with van der Waals surface area (Å²) in [6.07, 6.45) is 0. The number of benzene rings is 2. The molecule has 4 nitrogen and oxygen atoms in total. The van der Waals surface area contributed by atoms with Gasteiger partial charge in [-0.05, 0) is 39.7 Å². The molecule has 0 aromatic heterocycles. The van der Waals surface area contributed by atoms with E-state index in [0.29, 0.717) is 15.6 Å². The van der Waals surface area contributed by atoms with Crippen LogP contribution in [0.4, 0.5) is 0 Å². The zero-order valence-corrected chi connectivity index (χ0v) is 12.9. The van der Waals surface area contributed by atoms with Crippen molar-refractivity contribution >= 4 is 31.6 Å². The van der Waals surface area contributed by atoms with Gasteiger partial charge in [0, 0.05) is 10.0 Å². The number of hydrogen-bond acceptors (Lipinski definition) is 3. The number of rotatable bonds is 4. The van der Waals surface area contributed by atoms with E-state index in [1.165, 1.54) is 0 Å². The van der Waals surface area contributed by atoms with Gasteiger partial charge in [-0.2, -0.15) is 0 Å². The average molecular weight is 353 g/mol. The first-order chi connectivity index (χ1) is 9.40. The Hall–Kier alpha value is -1.66. The Morgan fingerprint density at radius 1 is 1.15 bits per heavy atom. The molecule has 0 fully saturated rings. The summed E-state index contributed by atoms with van der Waals surface area (Å²) < 4.78 is 25.3. The van der Waals surface area contributed by atoms with Crippen molar-refractivity contribution in [1.82, 2.24) is 0 Å². The van der Waals surface area contributed by atoms with Crippen LogP contribution in [0.3, 0.4) is 0 Å². The molecule has 6 heteroatoms. The number of nitrogens with two attached hydrogens (primary N) is 1. The lowest BCUT2D eigenvalue weighted by Crippen LogP contribution is -2.12. The van der Waals surface area contributed by atoms with Gasteiger partial charge in [-0.3, -0.25) is 5.41 Å². The summed E-state index contributed by atoms with van der Waals surface area (Å²) in [7, 11) is -3.44. The van der Waals surface area contributed by atoms with E-state index in [-0.39, 0.29) is 16.5 Å². The van der Waals surface area contributed by atoms with Crippen LogP contribution in [0.15, 0.2) is 57.9 Å². The summed E-state index contributed by atoms with van der Waals surface area (Å²) >= 11 is 3.25. The summed E-state index contributed by atoms with van der Waals surface area (Å²) in [6.45, 7) is 0. The molecule has 0 bridgehead atoms. The van der Waals surface area contributed by atoms with E-state index in [9.17, 15) is 8.42 Å². The fourth-order valence-electron chi connectivity index (χ4n) is 1.82. The molecule has 0 amide bonds. The van der Waals surface area contributed by atoms with Crippen LogP contribution in [-0.2, 0) is 15.6 Å². The number of amidine groups is 1. The normalized spacial score (nSPS) is 11.2. The molecule has 20 heavy (non-hydrogen) atoms. The highest BCUT2D eigenvalue weighted by molar-refractivity contribution is 9.10. The molecule has 0 aliphatic heterocycles. The molecule has 0 saturated carbocycles. The van der Waals surface area contributed by atoms with Crippen molar-refractivity contribution in [2.75, 3.05) is 0 Å². The molecular weight excluding hydrogens is 340 g/mol. The summed E-state index contributed by atoms with van der Waals surface area (Å²) in [5, 5.41) is 7.38.